The molecule has 1 aromatic rings. The van der Waals surface area contributed by atoms with Crippen molar-refractivity contribution < 1.29 is 9.90 Å². The highest BCUT2D eigenvalue weighted by Gasteiger charge is 2.36. The lowest BCUT2D eigenvalue weighted by Gasteiger charge is -2.44. The van der Waals surface area contributed by atoms with Crippen molar-refractivity contribution in [1.82, 2.24) is 4.90 Å². The minimum Gasteiger partial charge on any atom is -0.391 e. The van der Waals surface area contributed by atoms with Crippen molar-refractivity contribution >= 4 is 5.91 Å². The van der Waals surface area contributed by atoms with Gasteiger partial charge in [0.1, 0.15) is 0 Å². The molecule has 1 unspecified atom stereocenters. The Morgan fingerprint density at radius 3 is 2.58 bits per heavy atom. The molecule has 1 heterocycles. The molecule has 0 saturated carbocycles. The Morgan fingerprint density at radius 1 is 1.37 bits per heavy atom. The van der Waals surface area contributed by atoms with Crippen molar-refractivity contribution in [2.24, 2.45) is 0 Å². The third-order valence-corrected chi connectivity index (χ3v) is 4.07. The number of amides is 1. The molecule has 0 spiro atoms. The van der Waals surface area contributed by atoms with Gasteiger partial charge in [0.2, 0.25) is 0 Å². The van der Waals surface area contributed by atoms with Crippen LogP contribution in [0.1, 0.15) is 49.5 Å². The van der Waals surface area contributed by atoms with E-state index in [0.717, 1.165) is 19.3 Å². The van der Waals surface area contributed by atoms with Gasteiger partial charge in [0.05, 0.1) is 6.10 Å². The van der Waals surface area contributed by atoms with E-state index in [1.54, 1.807) is 0 Å². The lowest BCUT2D eigenvalue weighted by Crippen LogP contribution is -2.54. The van der Waals surface area contributed by atoms with Gasteiger partial charge in [-0.15, -0.1) is 0 Å². The average Bonchev–Trinajstić information content (AvgIpc) is 2.41. The highest BCUT2D eigenvalue weighted by molar-refractivity contribution is 5.94. The molecule has 2 rings (SSSR count). The first kappa shape index (κ1) is 14.1. The zero-order valence-corrected chi connectivity index (χ0v) is 12.0. The second kappa shape index (κ2) is 5.33. The van der Waals surface area contributed by atoms with Gasteiger partial charge in [-0.05, 0) is 50.8 Å². The van der Waals surface area contributed by atoms with E-state index in [1.807, 2.05) is 29.2 Å². The van der Waals surface area contributed by atoms with Crippen molar-refractivity contribution in [3.05, 3.63) is 35.4 Å². The van der Waals surface area contributed by atoms with Crippen LogP contribution in [0.2, 0.25) is 0 Å². The van der Waals surface area contributed by atoms with Crippen LogP contribution in [0.5, 0.6) is 0 Å². The molecular weight excluding hydrogens is 238 g/mol. The standard InChI is InChI=1S/C16H23NO2/c1-4-12-5-7-13(8-6-12)15(19)17-11-14(18)9-10-16(17,2)3/h5-8,14,18H,4,9-11H2,1-3H3. The molecule has 3 heteroatoms. The molecule has 1 atom stereocenters. The van der Waals surface area contributed by atoms with Gasteiger partial charge < -0.3 is 10.0 Å². The van der Waals surface area contributed by atoms with Crippen LogP contribution in [0.15, 0.2) is 24.3 Å². The van der Waals surface area contributed by atoms with Crippen molar-refractivity contribution in [3.8, 4) is 0 Å². The molecule has 0 aromatic heterocycles. The van der Waals surface area contributed by atoms with E-state index in [0.29, 0.717) is 12.1 Å². The lowest BCUT2D eigenvalue weighted by molar-refractivity contribution is 0.00154. The number of rotatable bonds is 2. The third kappa shape index (κ3) is 2.98. The Hall–Kier alpha value is -1.35. The molecule has 1 aromatic carbocycles. The molecule has 1 aliphatic rings. The number of aliphatic hydroxyl groups excluding tert-OH is 1. The van der Waals surface area contributed by atoms with Crippen molar-refractivity contribution in [2.75, 3.05) is 6.54 Å². The molecule has 1 aliphatic heterocycles. The fourth-order valence-electron chi connectivity index (χ4n) is 2.60. The van der Waals surface area contributed by atoms with Crippen molar-refractivity contribution in [2.45, 2.75) is 51.7 Å². The van der Waals surface area contributed by atoms with Crippen LogP contribution in [0.3, 0.4) is 0 Å². The van der Waals surface area contributed by atoms with Gasteiger partial charge in [-0.2, -0.15) is 0 Å². The van der Waals surface area contributed by atoms with Crippen LogP contribution in [0.25, 0.3) is 0 Å². The summed E-state index contributed by atoms with van der Waals surface area (Å²) in [4.78, 5) is 14.4. The lowest BCUT2D eigenvalue weighted by atomic mass is 9.88. The maximum atomic E-state index is 12.6. The van der Waals surface area contributed by atoms with E-state index in [1.165, 1.54) is 5.56 Å². The fourth-order valence-corrected chi connectivity index (χ4v) is 2.60. The van der Waals surface area contributed by atoms with Crippen LogP contribution in [0, 0.1) is 0 Å². The summed E-state index contributed by atoms with van der Waals surface area (Å²) >= 11 is 0. The number of benzene rings is 1. The number of piperidine rings is 1. The first-order chi connectivity index (χ1) is 8.94. The van der Waals surface area contributed by atoms with Gasteiger partial charge in [0, 0.05) is 17.6 Å². The van der Waals surface area contributed by atoms with Crippen LogP contribution >= 0.6 is 0 Å². The summed E-state index contributed by atoms with van der Waals surface area (Å²) in [5.41, 5.74) is 1.76. The molecule has 0 radical (unpaired) electrons. The zero-order chi connectivity index (χ0) is 14.0. The molecule has 104 valence electrons. The SMILES string of the molecule is CCc1ccc(C(=O)N2CC(O)CCC2(C)C)cc1. The normalized spacial score (nSPS) is 22.3. The van der Waals surface area contributed by atoms with Gasteiger partial charge in [-0.3, -0.25) is 4.79 Å². The number of likely N-dealkylation sites (tertiary alicyclic amines) is 1. The quantitative estimate of drug-likeness (QED) is 0.889. The Kier molecular flexibility index (Phi) is 3.95. The molecule has 1 amide bonds. The van der Waals surface area contributed by atoms with E-state index in [-0.39, 0.29) is 11.4 Å². The number of carbonyl (C=O) groups is 1. The summed E-state index contributed by atoms with van der Waals surface area (Å²) in [7, 11) is 0. The first-order valence-corrected chi connectivity index (χ1v) is 7.03. The molecule has 19 heavy (non-hydrogen) atoms. The Balaban J connectivity index is 2.21. The van der Waals surface area contributed by atoms with Gasteiger partial charge in [-0.25, -0.2) is 0 Å². The molecule has 0 bridgehead atoms. The number of hydrogen-bond acceptors (Lipinski definition) is 2. The van der Waals surface area contributed by atoms with Crippen molar-refractivity contribution in [3.63, 3.8) is 0 Å². The van der Waals surface area contributed by atoms with Gasteiger partial charge in [0.15, 0.2) is 0 Å². The van der Waals surface area contributed by atoms with E-state index in [9.17, 15) is 9.90 Å². The Labute approximate surface area is 115 Å². The molecule has 0 aliphatic carbocycles. The van der Waals surface area contributed by atoms with E-state index >= 15 is 0 Å². The monoisotopic (exact) mass is 261 g/mol. The van der Waals surface area contributed by atoms with E-state index < -0.39 is 6.10 Å². The highest BCUT2D eigenvalue weighted by atomic mass is 16.3. The summed E-state index contributed by atoms with van der Waals surface area (Å²) in [6, 6.07) is 7.78. The number of hydrogen-bond donors (Lipinski definition) is 1. The number of aliphatic hydroxyl groups is 1. The van der Waals surface area contributed by atoms with E-state index in [4.69, 9.17) is 0 Å². The molecular formula is C16H23NO2. The fraction of sp³-hybridized carbons (Fsp3) is 0.562. The molecule has 1 fully saturated rings. The van der Waals surface area contributed by atoms with Gasteiger partial charge in [-0.1, -0.05) is 19.1 Å². The predicted molar refractivity (Wildman–Crippen MR) is 76.2 cm³/mol. The average molecular weight is 261 g/mol. The summed E-state index contributed by atoms with van der Waals surface area (Å²) in [6.45, 7) is 6.66. The van der Waals surface area contributed by atoms with Crippen molar-refractivity contribution in [1.29, 1.82) is 0 Å². The number of carbonyl (C=O) groups excluding carboxylic acids is 1. The van der Waals surface area contributed by atoms with Crippen LogP contribution in [0.4, 0.5) is 0 Å². The largest absolute Gasteiger partial charge is 0.391 e. The maximum Gasteiger partial charge on any atom is 0.254 e. The Morgan fingerprint density at radius 2 is 2.00 bits per heavy atom. The predicted octanol–water partition coefficient (Wildman–Crippen LogP) is 2.62. The Bertz CT molecular complexity index is 450. The zero-order valence-electron chi connectivity index (χ0n) is 12.0. The maximum absolute atomic E-state index is 12.6. The third-order valence-electron chi connectivity index (χ3n) is 4.07. The highest BCUT2D eigenvalue weighted by Crippen LogP contribution is 2.29. The summed E-state index contributed by atoms with van der Waals surface area (Å²) in [5, 5.41) is 9.80. The van der Waals surface area contributed by atoms with Gasteiger partial charge >= 0.3 is 0 Å². The van der Waals surface area contributed by atoms with Gasteiger partial charge in [0.25, 0.3) is 5.91 Å². The molecule has 1 saturated heterocycles. The van der Waals surface area contributed by atoms with Crippen LogP contribution < -0.4 is 0 Å². The van der Waals surface area contributed by atoms with E-state index in [2.05, 4.69) is 20.8 Å². The first-order valence-electron chi connectivity index (χ1n) is 7.03. The topological polar surface area (TPSA) is 40.5 Å². The second-order valence-electron chi connectivity index (χ2n) is 5.97. The second-order valence-corrected chi connectivity index (χ2v) is 5.97. The summed E-state index contributed by atoms with van der Waals surface area (Å²) < 4.78 is 0. The smallest absolute Gasteiger partial charge is 0.254 e. The van der Waals surface area contributed by atoms with Crippen LogP contribution in [-0.2, 0) is 6.42 Å². The number of nitrogens with zero attached hydrogens (tertiary/aromatic N) is 1. The minimum atomic E-state index is -0.396. The minimum absolute atomic E-state index is 0.0198. The number of aryl methyl sites for hydroxylation is 1. The summed E-state index contributed by atoms with van der Waals surface area (Å²) in [6.07, 6.45) is 2.19. The molecule has 1 N–H and O–H groups in total. The molecule has 3 nitrogen and oxygen atoms in total. The van der Waals surface area contributed by atoms with Crippen LogP contribution in [-0.4, -0.2) is 34.1 Å². The summed E-state index contributed by atoms with van der Waals surface area (Å²) in [5.74, 6) is 0.0198. The number of β-amino-alcohol motifs (C(OH)–C–C–N with tert-alkyl or cyclic N) is 1.